The van der Waals surface area contributed by atoms with Gasteiger partial charge in [-0.15, -0.1) is 0 Å². The molecule has 0 radical (unpaired) electrons. The smallest absolute Gasteiger partial charge is 0.326 e. The standard InChI is InChI=1S/C18H14F2N2O3/c19-12-5-3-6-13(20)16(12)17(23)22-15(18(24)25)8-10-9-21-14-7-2-1-4-11(10)14/h1-7,9,15,21H,8H2,(H,22,23)(H,24,25)/t15-/m0/s1. The average Bonchev–Trinajstić information content (AvgIpc) is 2.97. The van der Waals surface area contributed by atoms with Gasteiger partial charge in [-0.3, -0.25) is 4.79 Å². The highest BCUT2D eigenvalue weighted by Gasteiger charge is 2.25. The van der Waals surface area contributed by atoms with Gasteiger partial charge in [-0.2, -0.15) is 0 Å². The Hall–Kier alpha value is -3.22. The predicted octanol–water partition coefficient (Wildman–Crippen LogP) is 2.87. The van der Waals surface area contributed by atoms with E-state index in [9.17, 15) is 23.5 Å². The van der Waals surface area contributed by atoms with Crippen LogP contribution in [-0.2, 0) is 11.2 Å². The summed E-state index contributed by atoms with van der Waals surface area (Å²) in [4.78, 5) is 26.6. The van der Waals surface area contributed by atoms with E-state index in [4.69, 9.17) is 0 Å². The molecule has 1 heterocycles. The molecule has 3 rings (SSSR count). The number of hydrogen-bond donors (Lipinski definition) is 3. The van der Waals surface area contributed by atoms with Crippen LogP contribution in [0.1, 0.15) is 15.9 Å². The third kappa shape index (κ3) is 3.35. The van der Waals surface area contributed by atoms with E-state index in [1.165, 1.54) is 0 Å². The first-order chi connectivity index (χ1) is 12.0. The van der Waals surface area contributed by atoms with Crippen LogP contribution < -0.4 is 5.32 Å². The van der Waals surface area contributed by atoms with Crippen LogP contribution in [-0.4, -0.2) is 28.0 Å². The molecule has 0 fully saturated rings. The maximum atomic E-state index is 13.7. The lowest BCUT2D eigenvalue weighted by Gasteiger charge is -2.15. The van der Waals surface area contributed by atoms with Gasteiger partial charge in [-0.1, -0.05) is 24.3 Å². The number of aromatic nitrogens is 1. The van der Waals surface area contributed by atoms with Crippen molar-refractivity contribution in [2.45, 2.75) is 12.5 Å². The van der Waals surface area contributed by atoms with E-state index in [2.05, 4.69) is 10.3 Å². The molecule has 0 spiro atoms. The van der Waals surface area contributed by atoms with Gasteiger partial charge in [0.2, 0.25) is 0 Å². The Morgan fingerprint density at radius 1 is 1.08 bits per heavy atom. The topological polar surface area (TPSA) is 82.2 Å². The molecule has 3 N–H and O–H groups in total. The summed E-state index contributed by atoms with van der Waals surface area (Å²) in [5.74, 6) is -4.50. The van der Waals surface area contributed by atoms with Crippen LogP contribution in [0.3, 0.4) is 0 Å². The molecule has 128 valence electrons. The molecule has 0 saturated carbocycles. The number of aliphatic carboxylic acids is 1. The van der Waals surface area contributed by atoms with Crippen molar-refractivity contribution in [1.29, 1.82) is 0 Å². The molecule has 3 aromatic rings. The van der Waals surface area contributed by atoms with E-state index >= 15 is 0 Å². The highest BCUT2D eigenvalue weighted by Crippen LogP contribution is 2.19. The summed E-state index contributed by atoms with van der Waals surface area (Å²) in [7, 11) is 0. The van der Waals surface area contributed by atoms with Gasteiger partial charge < -0.3 is 15.4 Å². The highest BCUT2D eigenvalue weighted by atomic mass is 19.1. The van der Waals surface area contributed by atoms with Crippen LogP contribution in [0.15, 0.2) is 48.7 Å². The molecule has 1 aromatic heterocycles. The number of halogens is 2. The number of fused-ring (bicyclic) bond motifs is 1. The van der Waals surface area contributed by atoms with Gasteiger partial charge in [-0.25, -0.2) is 13.6 Å². The number of benzene rings is 2. The maximum absolute atomic E-state index is 13.7. The van der Waals surface area contributed by atoms with Crippen molar-refractivity contribution in [2.24, 2.45) is 0 Å². The van der Waals surface area contributed by atoms with Gasteiger partial charge in [0, 0.05) is 23.5 Å². The molecule has 2 aromatic carbocycles. The number of carboxylic acids is 1. The maximum Gasteiger partial charge on any atom is 0.326 e. The number of H-pyrrole nitrogens is 1. The van der Waals surface area contributed by atoms with Crippen LogP contribution in [0.25, 0.3) is 10.9 Å². The lowest BCUT2D eigenvalue weighted by molar-refractivity contribution is -0.139. The van der Waals surface area contributed by atoms with Crippen LogP contribution in [0.5, 0.6) is 0 Å². The highest BCUT2D eigenvalue weighted by molar-refractivity contribution is 5.97. The van der Waals surface area contributed by atoms with Gasteiger partial charge in [0.05, 0.1) is 0 Å². The van der Waals surface area contributed by atoms with Crippen LogP contribution >= 0.6 is 0 Å². The minimum absolute atomic E-state index is 0.0266. The normalized spacial score (nSPS) is 12.1. The van der Waals surface area contributed by atoms with Crippen molar-refractivity contribution in [3.8, 4) is 0 Å². The Balaban J connectivity index is 1.85. The van der Waals surface area contributed by atoms with E-state index in [0.29, 0.717) is 5.56 Å². The second kappa shape index (κ2) is 6.72. The third-order valence-electron chi connectivity index (χ3n) is 3.89. The van der Waals surface area contributed by atoms with Crippen molar-refractivity contribution in [3.63, 3.8) is 0 Å². The second-order valence-electron chi connectivity index (χ2n) is 5.52. The Morgan fingerprint density at radius 2 is 1.76 bits per heavy atom. The Morgan fingerprint density at radius 3 is 2.44 bits per heavy atom. The van der Waals surface area contributed by atoms with E-state index in [-0.39, 0.29) is 6.42 Å². The second-order valence-corrected chi connectivity index (χ2v) is 5.52. The fourth-order valence-electron chi connectivity index (χ4n) is 2.67. The number of para-hydroxylation sites is 1. The fourth-order valence-corrected chi connectivity index (χ4v) is 2.67. The molecule has 25 heavy (non-hydrogen) atoms. The van der Waals surface area contributed by atoms with Gasteiger partial charge in [0.25, 0.3) is 5.91 Å². The summed E-state index contributed by atoms with van der Waals surface area (Å²) in [6.07, 6.45) is 1.62. The molecule has 5 nitrogen and oxygen atoms in total. The molecule has 0 aliphatic heterocycles. The van der Waals surface area contributed by atoms with Crippen molar-refractivity contribution in [3.05, 3.63) is 71.4 Å². The van der Waals surface area contributed by atoms with Gasteiger partial charge >= 0.3 is 5.97 Å². The molecule has 0 aliphatic rings. The summed E-state index contributed by atoms with van der Waals surface area (Å²) in [6, 6.07) is 8.97. The summed E-state index contributed by atoms with van der Waals surface area (Å²) in [5, 5.41) is 12.4. The van der Waals surface area contributed by atoms with Gasteiger partial charge in [-0.05, 0) is 23.8 Å². The predicted molar refractivity (Wildman–Crippen MR) is 87.3 cm³/mol. The molecule has 0 bridgehead atoms. The lowest BCUT2D eigenvalue weighted by Crippen LogP contribution is -2.42. The van der Waals surface area contributed by atoms with E-state index in [1.54, 1.807) is 6.20 Å². The first-order valence-corrected chi connectivity index (χ1v) is 7.50. The fraction of sp³-hybridized carbons (Fsp3) is 0.111. The van der Waals surface area contributed by atoms with Crippen molar-refractivity contribution < 1.29 is 23.5 Å². The number of amides is 1. The van der Waals surface area contributed by atoms with E-state index in [1.807, 2.05) is 24.3 Å². The molecule has 0 unspecified atom stereocenters. The van der Waals surface area contributed by atoms with Crippen molar-refractivity contribution in [1.82, 2.24) is 10.3 Å². The Kier molecular flexibility index (Phi) is 4.47. The SMILES string of the molecule is O=C(N[C@@H](Cc1c[nH]c2ccccc12)C(=O)O)c1c(F)cccc1F. The largest absolute Gasteiger partial charge is 0.480 e. The number of rotatable bonds is 5. The number of carbonyl (C=O) groups excluding carboxylic acids is 1. The minimum Gasteiger partial charge on any atom is -0.480 e. The molecular weight excluding hydrogens is 330 g/mol. The summed E-state index contributed by atoms with van der Waals surface area (Å²) in [5.41, 5.74) is 0.707. The number of nitrogens with one attached hydrogen (secondary N) is 2. The zero-order valence-electron chi connectivity index (χ0n) is 12.9. The minimum atomic E-state index is -1.33. The van der Waals surface area contributed by atoms with Crippen molar-refractivity contribution in [2.75, 3.05) is 0 Å². The zero-order valence-corrected chi connectivity index (χ0v) is 12.9. The Bertz CT molecular complexity index is 932. The number of carboxylic acid groups (broad SMARTS) is 1. The van der Waals surface area contributed by atoms with Crippen LogP contribution in [0, 0.1) is 11.6 Å². The molecule has 1 amide bonds. The quantitative estimate of drug-likeness (QED) is 0.666. The Labute approximate surface area is 141 Å². The molecule has 0 saturated heterocycles. The number of hydrogen-bond acceptors (Lipinski definition) is 2. The molecule has 1 atom stereocenters. The van der Waals surface area contributed by atoms with E-state index in [0.717, 1.165) is 29.1 Å². The summed E-state index contributed by atoms with van der Waals surface area (Å²) >= 11 is 0. The van der Waals surface area contributed by atoms with Gasteiger partial charge in [0.15, 0.2) is 0 Å². The van der Waals surface area contributed by atoms with E-state index < -0.39 is 35.1 Å². The summed E-state index contributed by atoms with van der Waals surface area (Å²) in [6.45, 7) is 0. The molecular formula is C18H14F2N2O3. The molecule has 0 aliphatic carbocycles. The van der Waals surface area contributed by atoms with Crippen molar-refractivity contribution >= 4 is 22.8 Å². The monoisotopic (exact) mass is 344 g/mol. The lowest BCUT2D eigenvalue weighted by atomic mass is 10.0. The average molecular weight is 344 g/mol. The van der Waals surface area contributed by atoms with Gasteiger partial charge in [0.1, 0.15) is 23.2 Å². The van der Waals surface area contributed by atoms with Crippen LogP contribution in [0.2, 0.25) is 0 Å². The first-order valence-electron chi connectivity index (χ1n) is 7.50. The van der Waals surface area contributed by atoms with Crippen LogP contribution in [0.4, 0.5) is 8.78 Å². The zero-order chi connectivity index (χ0) is 18.0. The number of carbonyl (C=O) groups is 2. The first kappa shape index (κ1) is 16.6. The number of aromatic amines is 1. The summed E-state index contributed by atoms with van der Waals surface area (Å²) < 4.78 is 27.4. The third-order valence-corrected chi connectivity index (χ3v) is 3.89. The molecule has 7 heteroatoms.